The number of benzene rings is 1. The number of hydrogen-bond acceptors (Lipinski definition) is 2. The molecule has 2 aromatic heterocycles. The average molecular weight is 236 g/mol. The Bertz CT molecular complexity index is 769. The van der Waals surface area contributed by atoms with E-state index in [1.165, 1.54) is 0 Å². The van der Waals surface area contributed by atoms with E-state index in [9.17, 15) is 4.79 Å². The summed E-state index contributed by atoms with van der Waals surface area (Å²) in [6, 6.07) is 13.1. The normalized spacial score (nSPS) is 10.7. The minimum absolute atomic E-state index is 0.0306. The van der Waals surface area contributed by atoms with Crippen molar-refractivity contribution < 1.29 is 0 Å². The van der Waals surface area contributed by atoms with E-state index in [-0.39, 0.29) is 5.56 Å². The van der Waals surface area contributed by atoms with Crippen LogP contribution in [0.4, 0.5) is 0 Å². The molecule has 3 nitrogen and oxygen atoms in total. The second-order valence-corrected chi connectivity index (χ2v) is 4.26. The zero-order valence-corrected chi connectivity index (χ0v) is 10.00. The van der Waals surface area contributed by atoms with Crippen molar-refractivity contribution in [1.82, 2.24) is 9.55 Å². The van der Waals surface area contributed by atoms with Crippen LogP contribution in [0.5, 0.6) is 0 Å². The van der Waals surface area contributed by atoms with Crippen LogP contribution in [0.2, 0.25) is 0 Å². The van der Waals surface area contributed by atoms with Crippen LogP contribution in [0.1, 0.15) is 5.56 Å². The molecule has 0 aliphatic carbocycles. The SMILES string of the molecule is Cc1ccc(=O)n(-c2ccnc3ccccc23)c1. The van der Waals surface area contributed by atoms with E-state index in [1.54, 1.807) is 16.8 Å². The molecule has 0 saturated heterocycles. The van der Waals surface area contributed by atoms with E-state index in [1.807, 2.05) is 49.5 Å². The molecule has 3 heteroatoms. The third kappa shape index (κ3) is 1.70. The maximum Gasteiger partial charge on any atom is 0.255 e. The third-order valence-electron chi connectivity index (χ3n) is 2.94. The summed E-state index contributed by atoms with van der Waals surface area (Å²) in [7, 11) is 0. The zero-order valence-electron chi connectivity index (χ0n) is 10.00. The first-order valence-corrected chi connectivity index (χ1v) is 5.79. The molecule has 18 heavy (non-hydrogen) atoms. The molecule has 2 heterocycles. The molecule has 0 spiro atoms. The fourth-order valence-corrected chi connectivity index (χ4v) is 2.07. The van der Waals surface area contributed by atoms with E-state index in [0.717, 1.165) is 22.2 Å². The first kappa shape index (κ1) is 10.7. The molecule has 0 amide bonds. The molecule has 0 bridgehead atoms. The van der Waals surface area contributed by atoms with E-state index in [2.05, 4.69) is 4.98 Å². The lowest BCUT2D eigenvalue weighted by molar-refractivity contribution is 0.983. The van der Waals surface area contributed by atoms with Crippen molar-refractivity contribution in [3.05, 3.63) is 70.8 Å². The predicted molar refractivity (Wildman–Crippen MR) is 72.1 cm³/mol. The number of para-hydroxylation sites is 1. The Morgan fingerprint density at radius 2 is 1.89 bits per heavy atom. The van der Waals surface area contributed by atoms with Gasteiger partial charge in [-0.15, -0.1) is 0 Å². The predicted octanol–water partition coefficient (Wildman–Crippen LogP) is 2.69. The van der Waals surface area contributed by atoms with Gasteiger partial charge in [-0.2, -0.15) is 0 Å². The summed E-state index contributed by atoms with van der Waals surface area (Å²) in [6.07, 6.45) is 3.58. The number of aromatic nitrogens is 2. The van der Waals surface area contributed by atoms with Crippen molar-refractivity contribution in [2.45, 2.75) is 6.92 Å². The molecule has 0 fully saturated rings. The zero-order chi connectivity index (χ0) is 12.5. The van der Waals surface area contributed by atoms with Gasteiger partial charge in [-0.25, -0.2) is 0 Å². The standard InChI is InChI=1S/C15H12N2O/c1-11-6-7-15(18)17(10-11)14-8-9-16-13-5-3-2-4-12(13)14/h2-10H,1H3. The monoisotopic (exact) mass is 236 g/mol. The van der Waals surface area contributed by atoms with Crippen LogP contribution in [0.25, 0.3) is 16.6 Å². The van der Waals surface area contributed by atoms with Gasteiger partial charge in [0.25, 0.3) is 5.56 Å². The highest BCUT2D eigenvalue weighted by molar-refractivity contribution is 5.86. The minimum atomic E-state index is -0.0306. The van der Waals surface area contributed by atoms with Gasteiger partial charge in [0, 0.05) is 23.8 Å². The molecule has 0 aliphatic rings. The summed E-state index contributed by atoms with van der Waals surface area (Å²) in [5.41, 5.74) is 2.78. The van der Waals surface area contributed by atoms with Gasteiger partial charge in [-0.05, 0) is 24.6 Å². The molecular weight excluding hydrogens is 224 g/mol. The number of pyridine rings is 2. The molecule has 0 radical (unpaired) electrons. The van der Waals surface area contributed by atoms with Crippen LogP contribution < -0.4 is 5.56 Å². The van der Waals surface area contributed by atoms with E-state index >= 15 is 0 Å². The topological polar surface area (TPSA) is 34.9 Å². The number of nitrogens with zero attached hydrogens (tertiary/aromatic N) is 2. The Kier molecular flexibility index (Phi) is 2.45. The van der Waals surface area contributed by atoms with Crippen molar-refractivity contribution in [1.29, 1.82) is 0 Å². The lowest BCUT2D eigenvalue weighted by atomic mass is 10.2. The van der Waals surface area contributed by atoms with Crippen molar-refractivity contribution in [2.24, 2.45) is 0 Å². The summed E-state index contributed by atoms with van der Waals surface area (Å²) < 4.78 is 1.67. The summed E-state index contributed by atoms with van der Waals surface area (Å²) in [5, 5.41) is 0.979. The first-order valence-electron chi connectivity index (χ1n) is 5.79. The first-order chi connectivity index (χ1) is 8.75. The molecule has 0 saturated carbocycles. The highest BCUT2D eigenvalue weighted by atomic mass is 16.1. The van der Waals surface area contributed by atoms with Gasteiger partial charge < -0.3 is 0 Å². The van der Waals surface area contributed by atoms with Gasteiger partial charge >= 0.3 is 0 Å². The number of fused-ring (bicyclic) bond motifs is 1. The van der Waals surface area contributed by atoms with E-state index in [0.29, 0.717) is 0 Å². The maximum absolute atomic E-state index is 12.0. The van der Waals surface area contributed by atoms with E-state index in [4.69, 9.17) is 0 Å². The van der Waals surface area contributed by atoms with Crippen LogP contribution in [0.3, 0.4) is 0 Å². The average Bonchev–Trinajstić information content (AvgIpc) is 2.41. The quantitative estimate of drug-likeness (QED) is 0.651. The lowest BCUT2D eigenvalue weighted by Gasteiger charge is -2.09. The largest absolute Gasteiger partial charge is 0.283 e. The molecule has 3 aromatic rings. The Hall–Kier alpha value is -2.42. The Labute approximate surface area is 104 Å². The Morgan fingerprint density at radius 3 is 2.78 bits per heavy atom. The lowest BCUT2D eigenvalue weighted by Crippen LogP contribution is -2.16. The van der Waals surface area contributed by atoms with Crippen LogP contribution in [0, 0.1) is 6.92 Å². The molecule has 0 unspecified atom stereocenters. The molecule has 88 valence electrons. The number of rotatable bonds is 1. The molecular formula is C15H12N2O. The fourth-order valence-electron chi connectivity index (χ4n) is 2.07. The second-order valence-electron chi connectivity index (χ2n) is 4.26. The van der Waals surface area contributed by atoms with Gasteiger partial charge in [0.05, 0.1) is 11.2 Å². The van der Waals surface area contributed by atoms with Gasteiger partial charge in [0.1, 0.15) is 0 Å². The minimum Gasteiger partial charge on any atom is -0.283 e. The van der Waals surface area contributed by atoms with Crippen molar-refractivity contribution in [2.75, 3.05) is 0 Å². The Morgan fingerprint density at radius 1 is 1.06 bits per heavy atom. The summed E-state index contributed by atoms with van der Waals surface area (Å²) >= 11 is 0. The third-order valence-corrected chi connectivity index (χ3v) is 2.94. The molecule has 0 aliphatic heterocycles. The second kappa shape index (κ2) is 4.11. The van der Waals surface area contributed by atoms with E-state index < -0.39 is 0 Å². The maximum atomic E-state index is 12.0. The molecule has 1 aromatic carbocycles. The van der Waals surface area contributed by atoms with Crippen LogP contribution in [-0.4, -0.2) is 9.55 Å². The van der Waals surface area contributed by atoms with Gasteiger partial charge in [-0.3, -0.25) is 14.3 Å². The van der Waals surface area contributed by atoms with Crippen molar-refractivity contribution in [3.63, 3.8) is 0 Å². The van der Waals surface area contributed by atoms with Gasteiger partial charge in [-0.1, -0.05) is 24.3 Å². The van der Waals surface area contributed by atoms with Crippen molar-refractivity contribution in [3.8, 4) is 5.69 Å². The van der Waals surface area contributed by atoms with Gasteiger partial charge in [0.2, 0.25) is 0 Å². The molecule has 0 N–H and O–H groups in total. The molecule has 3 rings (SSSR count). The number of aryl methyl sites for hydroxylation is 1. The summed E-state index contributed by atoms with van der Waals surface area (Å²) in [4.78, 5) is 16.3. The highest BCUT2D eigenvalue weighted by Crippen LogP contribution is 2.18. The number of hydrogen-bond donors (Lipinski definition) is 0. The van der Waals surface area contributed by atoms with Crippen molar-refractivity contribution >= 4 is 10.9 Å². The smallest absolute Gasteiger partial charge is 0.255 e. The summed E-state index contributed by atoms with van der Waals surface area (Å²) in [5.74, 6) is 0. The summed E-state index contributed by atoms with van der Waals surface area (Å²) in [6.45, 7) is 1.97. The fraction of sp³-hybridized carbons (Fsp3) is 0.0667. The molecule has 0 atom stereocenters. The van der Waals surface area contributed by atoms with Crippen LogP contribution in [0.15, 0.2) is 59.7 Å². The van der Waals surface area contributed by atoms with Crippen LogP contribution in [-0.2, 0) is 0 Å². The Balaban J connectivity index is 2.38. The van der Waals surface area contributed by atoms with Crippen LogP contribution >= 0.6 is 0 Å². The highest BCUT2D eigenvalue weighted by Gasteiger charge is 2.04. The van der Waals surface area contributed by atoms with Gasteiger partial charge in [0.15, 0.2) is 0 Å².